The minimum Gasteiger partial charge on any atom is -0.0648 e. The summed E-state index contributed by atoms with van der Waals surface area (Å²) < 4.78 is 0. The normalized spacial score (nSPS) is 17.5. The quantitative estimate of drug-likeness (QED) is 0.233. The second-order valence-electron chi connectivity index (χ2n) is 12.8. The maximum absolute atomic E-state index is 2.66. The molecule has 0 nitrogen and oxygen atoms in total. The minimum absolute atomic E-state index is 0.394. The first kappa shape index (κ1) is 32.7. The Morgan fingerprint density at radius 2 is 0.474 bits per heavy atom. The molecule has 2 aromatic rings. The molecule has 0 heteroatoms. The van der Waals surface area contributed by atoms with Gasteiger partial charge in [-0.2, -0.15) is 0 Å². The van der Waals surface area contributed by atoms with Gasteiger partial charge in [-0.25, -0.2) is 0 Å². The van der Waals surface area contributed by atoms with Crippen molar-refractivity contribution >= 4 is 0 Å². The van der Waals surface area contributed by atoms with Crippen molar-refractivity contribution in [3.8, 4) is 0 Å². The van der Waals surface area contributed by atoms with Crippen LogP contribution in [0, 0.1) is 0 Å². The minimum atomic E-state index is 0.394. The number of hydrogen-bond donors (Lipinski definition) is 0. The van der Waals surface area contributed by atoms with Gasteiger partial charge in [0.05, 0.1) is 0 Å². The first-order valence-electron chi connectivity index (χ1n) is 16.4. The van der Waals surface area contributed by atoms with Crippen molar-refractivity contribution in [3.05, 3.63) is 68.8 Å². The third-order valence-corrected chi connectivity index (χ3v) is 10.4. The molecule has 2 rings (SSSR count). The first-order chi connectivity index (χ1) is 18.0. The van der Waals surface area contributed by atoms with Crippen LogP contribution < -0.4 is 0 Å². The highest BCUT2D eigenvalue weighted by atomic mass is 14.3. The molecule has 2 aromatic carbocycles. The summed E-state index contributed by atoms with van der Waals surface area (Å²) in [5, 5.41) is 0. The van der Waals surface area contributed by atoms with Gasteiger partial charge >= 0.3 is 0 Å². The van der Waals surface area contributed by atoms with E-state index in [2.05, 4.69) is 114 Å². The van der Waals surface area contributed by atoms with Gasteiger partial charge in [0.1, 0.15) is 0 Å². The molecule has 214 valence electrons. The molecule has 0 fully saturated rings. The SMILES string of the molecule is CCC(C)c1cc(C(C)CC)c(C(C)c2cc(C(C)CC)c(C(C)CC)cc2C(C)CC)cc1C(C)CC. The molecule has 0 radical (unpaired) electrons. The van der Waals surface area contributed by atoms with E-state index in [1.807, 2.05) is 0 Å². The summed E-state index contributed by atoms with van der Waals surface area (Å²) in [5.74, 6) is 3.93. The first-order valence-corrected chi connectivity index (χ1v) is 16.4. The van der Waals surface area contributed by atoms with Crippen LogP contribution in [0.3, 0.4) is 0 Å². The number of benzene rings is 2. The monoisotopic (exact) mass is 518 g/mol. The van der Waals surface area contributed by atoms with Gasteiger partial charge in [-0.15, -0.1) is 0 Å². The molecule has 0 aliphatic rings. The second kappa shape index (κ2) is 14.7. The molecule has 0 bridgehead atoms. The number of rotatable bonds is 14. The zero-order chi connectivity index (χ0) is 28.7. The molecule has 0 N–H and O–H groups in total. The van der Waals surface area contributed by atoms with Gasteiger partial charge in [-0.1, -0.05) is 114 Å². The molecule has 0 amide bonds. The van der Waals surface area contributed by atoms with Gasteiger partial charge in [-0.05, 0) is 119 Å². The molecule has 0 heterocycles. The van der Waals surface area contributed by atoms with Gasteiger partial charge in [-0.3, -0.25) is 0 Å². The van der Waals surface area contributed by atoms with E-state index in [0.717, 1.165) is 0 Å². The van der Waals surface area contributed by atoms with Gasteiger partial charge in [0.15, 0.2) is 0 Å². The molecule has 0 aromatic heterocycles. The van der Waals surface area contributed by atoms with Crippen molar-refractivity contribution in [1.29, 1.82) is 0 Å². The third kappa shape index (κ3) is 6.95. The van der Waals surface area contributed by atoms with E-state index in [-0.39, 0.29) is 0 Å². The van der Waals surface area contributed by atoms with E-state index in [1.54, 1.807) is 44.5 Å². The van der Waals surface area contributed by atoms with Crippen molar-refractivity contribution in [2.24, 2.45) is 0 Å². The van der Waals surface area contributed by atoms with Gasteiger partial charge in [0, 0.05) is 5.92 Å². The van der Waals surface area contributed by atoms with Crippen LogP contribution in [0.15, 0.2) is 24.3 Å². The lowest BCUT2D eigenvalue weighted by atomic mass is 9.74. The van der Waals surface area contributed by atoms with E-state index in [0.29, 0.717) is 41.4 Å². The van der Waals surface area contributed by atoms with Gasteiger partial charge in [0.2, 0.25) is 0 Å². The second-order valence-corrected chi connectivity index (χ2v) is 12.8. The average molecular weight is 519 g/mol. The Morgan fingerprint density at radius 3 is 0.658 bits per heavy atom. The lowest BCUT2D eigenvalue weighted by Gasteiger charge is -2.31. The smallest absolute Gasteiger partial charge is 0.00668 e. The molecule has 0 saturated heterocycles. The van der Waals surface area contributed by atoms with E-state index < -0.39 is 0 Å². The zero-order valence-corrected chi connectivity index (χ0v) is 27.6. The largest absolute Gasteiger partial charge is 0.0648 e. The fourth-order valence-electron chi connectivity index (χ4n) is 6.13. The third-order valence-electron chi connectivity index (χ3n) is 10.4. The molecule has 0 saturated carbocycles. The summed E-state index contributed by atoms with van der Waals surface area (Å²) in [4.78, 5) is 0. The molecule has 38 heavy (non-hydrogen) atoms. The van der Waals surface area contributed by atoms with Gasteiger partial charge in [0.25, 0.3) is 0 Å². The van der Waals surface area contributed by atoms with Crippen molar-refractivity contribution in [1.82, 2.24) is 0 Å². The Kier molecular flexibility index (Phi) is 12.6. The predicted octanol–water partition coefficient (Wildman–Crippen LogP) is 12.9. The molecule has 6 unspecified atom stereocenters. The molecule has 0 aliphatic heterocycles. The predicted molar refractivity (Wildman–Crippen MR) is 173 cm³/mol. The Hall–Kier alpha value is -1.56. The highest BCUT2D eigenvalue weighted by Crippen LogP contribution is 2.44. The Labute approximate surface area is 238 Å². The van der Waals surface area contributed by atoms with Crippen LogP contribution in [-0.4, -0.2) is 0 Å². The van der Waals surface area contributed by atoms with Crippen LogP contribution in [0.5, 0.6) is 0 Å². The number of hydrogen-bond acceptors (Lipinski definition) is 0. The van der Waals surface area contributed by atoms with E-state index >= 15 is 0 Å². The molecular weight excluding hydrogens is 456 g/mol. The molecular formula is C38H62. The summed E-state index contributed by atoms with van der Waals surface area (Å²) in [7, 11) is 0. The average Bonchev–Trinajstić information content (AvgIpc) is 2.96. The maximum Gasteiger partial charge on any atom is 0.00668 e. The Bertz CT molecular complexity index is 930. The molecule has 0 spiro atoms. The lowest BCUT2D eigenvalue weighted by Crippen LogP contribution is -2.14. The van der Waals surface area contributed by atoms with Crippen LogP contribution in [-0.2, 0) is 0 Å². The van der Waals surface area contributed by atoms with E-state index in [9.17, 15) is 0 Å². The standard InChI is InChI=1S/C38H62/c1-14-24(7)31-20-35(28(11)18-5)37(22-33(31)26(9)16-3)30(13)38-23-34(27(10)17-4)32(25(8)15-2)21-36(38)29(12)19-6/h20-30H,14-19H2,1-13H3. The molecule has 6 atom stereocenters. The van der Waals surface area contributed by atoms with Crippen LogP contribution in [0.4, 0.5) is 0 Å². The Morgan fingerprint density at radius 1 is 0.316 bits per heavy atom. The lowest BCUT2D eigenvalue weighted by molar-refractivity contribution is 0.651. The van der Waals surface area contributed by atoms with Crippen LogP contribution in [0.1, 0.15) is 214 Å². The fourth-order valence-corrected chi connectivity index (χ4v) is 6.13. The van der Waals surface area contributed by atoms with Crippen LogP contribution in [0.2, 0.25) is 0 Å². The maximum atomic E-state index is 2.66. The van der Waals surface area contributed by atoms with Crippen molar-refractivity contribution in [3.63, 3.8) is 0 Å². The Balaban J connectivity index is 2.94. The van der Waals surface area contributed by atoms with E-state index in [1.165, 1.54) is 38.5 Å². The molecule has 0 aliphatic carbocycles. The van der Waals surface area contributed by atoms with Crippen LogP contribution >= 0.6 is 0 Å². The fraction of sp³-hybridized carbons (Fsp3) is 0.684. The summed E-state index contributed by atoms with van der Waals surface area (Å²) in [6.45, 7) is 31.2. The van der Waals surface area contributed by atoms with Crippen molar-refractivity contribution in [2.75, 3.05) is 0 Å². The summed E-state index contributed by atoms with van der Waals surface area (Å²) in [6.07, 6.45) is 7.16. The highest BCUT2D eigenvalue weighted by molar-refractivity contribution is 5.52. The van der Waals surface area contributed by atoms with Crippen molar-refractivity contribution < 1.29 is 0 Å². The van der Waals surface area contributed by atoms with Crippen molar-refractivity contribution in [2.45, 2.75) is 170 Å². The van der Waals surface area contributed by atoms with Crippen LogP contribution in [0.25, 0.3) is 0 Å². The zero-order valence-electron chi connectivity index (χ0n) is 27.6. The highest BCUT2D eigenvalue weighted by Gasteiger charge is 2.27. The van der Waals surface area contributed by atoms with Gasteiger partial charge < -0.3 is 0 Å². The topological polar surface area (TPSA) is 0 Å². The summed E-state index contributed by atoms with van der Waals surface area (Å²) in [5.41, 5.74) is 12.7. The van der Waals surface area contributed by atoms with E-state index in [4.69, 9.17) is 0 Å². The summed E-state index contributed by atoms with van der Waals surface area (Å²) >= 11 is 0. The summed E-state index contributed by atoms with van der Waals surface area (Å²) in [6, 6.07) is 10.6.